The van der Waals surface area contributed by atoms with Crippen LogP contribution in [0.15, 0.2) is 48.8 Å². The van der Waals surface area contributed by atoms with Crippen molar-refractivity contribution in [3.8, 4) is 0 Å². The summed E-state index contributed by atoms with van der Waals surface area (Å²) in [7, 11) is 0. The second kappa shape index (κ2) is 5.04. The number of carbonyl (C=O) groups excluding carboxylic acids is 1. The molecule has 1 amide bonds. The van der Waals surface area contributed by atoms with Gasteiger partial charge in [-0.25, -0.2) is 9.59 Å². The first kappa shape index (κ1) is 12.8. The van der Waals surface area contributed by atoms with Crippen molar-refractivity contribution in [2.45, 2.75) is 0 Å². The molecule has 3 rings (SSSR count). The molecule has 0 unspecified atom stereocenters. The second-order valence-electron chi connectivity index (χ2n) is 4.33. The molecule has 21 heavy (non-hydrogen) atoms. The molecule has 2 aromatic heterocycles. The average Bonchev–Trinajstić information content (AvgIpc) is 2.92. The summed E-state index contributed by atoms with van der Waals surface area (Å²) in [6.45, 7) is 0. The normalized spacial score (nSPS) is 10.5. The molecule has 1 aromatic carbocycles. The number of hydrogen-bond donors (Lipinski definition) is 2. The monoisotopic (exact) mass is 282 g/mol. The number of benzene rings is 1. The van der Waals surface area contributed by atoms with Gasteiger partial charge in [0.15, 0.2) is 11.5 Å². The van der Waals surface area contributed by atoms with E-state index in [1.165, 1.54) is 16.7 Å². The van der Waals surface area contributed by atoms with Gasteiger partial charge < -0.3 is 5.11 Å². The Hall–Kier alpha value is -3.22. The van der Waals surface area contributed by atoms with Crippen molar-refractivity contribution in [1.82, 2.24) is 14.8 Å². The van der Waals surface area contributed by atoms with E-state index in [0.717, 1.165) is 10.8 Å². The molecule has 0 atom stereocenters. The van der Waals surface area contributed by atoms with E-state index in [-0.39, 0.29) is 11.5 Å². The number of carboxylic acids is 1. The number of hydrogen-bond acceptors (Lipinski definition) is 4. The van der Waals surface area contributed by atoms with Crippen molar-refractivity contribution in [3.05, 3.63) is 54.5 Å². The van der Waals surface area contributed by atoms with E-state index in [4.69, 9.17) is 5.11 Å². The van der Waals surface area contributed by atoms with Crippen molar-refractivity contribution in [1.29, 1.82) is 0 Å². The van der Waals surface area contributed by atoms with Crippen LogP contribution in [0.1, 0.15) is 10.5 Å². The van der Waals surface area contributed by atoms with E-state index in [0.29, 0.717) is 0 Å². The Morgan fingerprint density at radius 3 is 2.19 bits per heavy atom. The van der Waals surface area contributed by atoms with Gasteiger partial charge in [-0.1, -0.05) is 24.3 Å². The molecule has 0 saturated carbocycles. The maximum atomic E-state index is 12.1. The number of nitrogens with one attached hydrogen (secondary N) is 1. The van der Waals surface area contributed by atoms with E-state index in [1.807, 2.05) is 24.3 Å². The molecule has 7 heteroatoms. The van der Waals surface area contributed by atoms with Crippen LogP contribution >= 0.6 is 0 Å². The molecule has 0 bridgehead atoms. The van der Waals surface area contributed by atoms with E-state index in [1.54, 1.807) is 12.4 Å². The Bertz CT molecular complexity index is 791. The summed E-state index contributed by atoms with van der Waals surface area (Å²) in [5.74, 6) is -0.986. The van der Waals surface area contributed by atoms with Gasteiger partial charge >= 0.3 is 12.0 Å². The molecule has 2 heterocycles. The van der Waals surface area contributed by atoms with E-state index in [2.05, 4.69) is 15.5 Å². The summed E-state index contributed by atoms with van der Waals surface area (Å²) >= 11 is 0. The molecule has 3 aromatic rings. The lowest BCUT2D eigenvalue weighted by atomic mass is 10.2. The van der Waals surface area contributed by atoms with Crippen molar-refractivity contribution >= 4 is 28.6 Å². The standard InChI is InChI=1S/C14H10N4O3/c19-13(20)11-5-6-12(17-16-11)15-14(21)18-7-9-3-1-2-4-10(9)8-18/h1-8H,(H,19,20)(H,15,17,21). The first-order valence-corrected chi connectivity index (χ1v) is 6.08. The van der Waals surface area contributed by atoms with Gasteiger partial charge in [-0.05, 0) is 22.9 Å². The van der Waals surface area contributed by atoms with E-state index >= 15 is 0 Å². The number of carboxylic acid groups (broad SMARTS) is 1. The van der Waals surface area contributed by atoms with Crippen molar-refractivity contribution in [3.63, 3.8) is 0 Å². The van der Waals surface area contributed by atoms with Gasteiger partial charge in [0, 0.05) is 12.4 Å². The predicted octanol–water partition coefficient (Wildman–Crippen LogP) is 2.21. The summed E-state index contributed by atoms with van der Waals surface area (Å²) in [6, 6.07) is 9.85. The zero-order chi connectivity index (χ0) is 14.8. The first-order valence-electron chi connectivity index (χ1n) is 6.08. The molecular weight excluding hydrogens is 272 g/mol. The summed E-state index contributed by atoms with van der Waals surface area (Å²) < 4.78 is 1.40. The Balaban J connectivity index is 1.80. The number of fused-ring (bicyclic) bond motifs is 1. The van der Waals surface area contributed by atoms with Crippen LogP contribution in [-0.2, 0) is 0 Å². The van der Waals surface area contributed by atoms with Gasteiger partial charge in [-0.15, -0.1) is 10.2 Å². The molecule has 104 valence electrons. The number of carbonyl (C=O) groups is 2. The van der Waals surface area contributed by atoms with Crippen molar-refractivity contribution in [2.75, 3.05) is 5.32 Å². The summed E-state index contributed by atoms with van der Waals surface area (Å²) in [6.07, 6.45) is 3.40. The van der Waals surface area contributed by atoms with Crippen molar-refractivity contribution in [2.24, 2.45) is 0 Å². The summed E-state index contributed by atoms with van der Waals surface area (Å²) in [5, 5.41) is 20.3. The number of anilines is 1. The van der Waals surface area contributed by atoms with E-state index < -0.39 is 12.0 Å². The largest absolute Gasteiger partial charge is 0.476 e. The third-order valence-corrected chi connectivity index (χ3v) is 2.91. The topological polar surface area (TPSA) is 97.1 Å². The van der Waals surface area contributed by atoms with Crippen LogP contribution in [0.3, 0.4) is 0 Å². The lowest BCUT2D eigenvalue weighted by Gasteiger charge is -2.03. The molecule has 0 aliphatic heterocycles. The summed E-state index contributed by atoms with van der Waals surface area (Å²) in [5.41, 5.74) is -0.181. The molecule has 0 radical (unpaired) electrons. The minimum Gasteiger partial charge on any atom is -0.476 e. The molecule has 0 aliphatic carbocycles. The smallest absolute Gasteiger partial charge is 0.356 e. The van der Waals surface area contributed by atoms with Gasteiger partial charge in [0.2, 0.25) is 0 Å². The van der Waals surface area contributed by atoms with Crippen LogP contribution in [-0.4, -0.2) is 31.9 Å². The Morgan fingerprint density at radius 2 is 1.67 bits per heavy atom. The zero-order valence-corrected chi connectivity index (χ0v) is 10.7. The maximum absolute atomic E-state index is 12.1. The highest BCUT2D eigenvalue weighted by atomic mass is 16.4. The maximum Gasteiger partial charge on any atom is 0.356 e. The predicted molar refractivity (Wildman–Crippen MR) is 75.3 cm³/mol. The number of nitrogens with zero attached hydrogens (tertiary/aromatic N) is 3. The summed E-state index contributed by atoms with van der Waals surface area (Å²) in [4.78, 5) is 22.7. The lowest BCUT2D eigenvalue weighted by molar-refractivity contribution is 0.0689. The van der Waals surface area contributed by atoms with Crippen LogP contribution in [0.4, 0.5) is 10.6 Å². The fourth-order valence-corrected chi connectivity index (χ4v) is 1.89. The van der Waals surface area contributed by atoms with Crippen LogP contribution in [0.2, 0.25) is 0 Å². The average molecular weight is 282 g/mol. The van der Waals surface area contributed by atoms with Gasteiger partial charge in [0.05, 0.1) is 0 Å². The first-order chi connectivity index (χ1) is 10.1. The highest BCUT2D eigenvalue weighted by Crippen LogP contribution is 2.14. The van der Waals surface area contributed by atoms with E-state index in [9.17, 15) is 9.59 Å². The quantitative estimate of drug-likeness (QED) is 0.751. The van der Waals surface area contributed by atoms with Crippen LogP contribution in [0.5, 0.6) is 0 Å². The molecular formula is C14H10N4O3. The van der Waals surface area contributed by atoms with Gasteiger partial charge in [0.25, 0.3) is 0 Å². The molecule has 0 saturated heterocycles. The number of aromatic carboxylic acids is 1. The van der Waals surface area contributed by atoms with Crippen LogP contribution in [0.25, 0.3) is 10.8 Å². The third kappa shape index (κ3) is 2.57. The second-order valence-corrected chi connectivity index (χ2v) is 4.33. The highest BCUT2D eigenvalue weighted by molar-refractivity contribution is 5.95. The fraction of sp³-hybridized carbons (Fsp3) is 0. The SMILES string of the molecule is O=C(O)c1ccc(NC(=O)n2cc3ccccc3c2)nn1. The molecule has 0 fully saturated rings. The molecule has 2 N–H and O–H groups in total. The molecule has 0 spiro atoms. The van der Waals surface area contributed by atoms with Crippen molar-refractivity contribution < 1.29 is 14.7 Å². The number of amides is 1. The number of rotatable bonds is 2. The highest BCUT2D eigenvalue weighted by Gasteiger charge is 2.09. The Kier molecular flexibility index (Phi) is 3.07. The molecule has 7 nitrogen and oxygen atoms in total. The molecule has 0 aliphatic rings. The lowest BCUT2D eigenvalue weighted by Crippen LogP contribution is -2.19. The Morgan fingerprint density at radius 1 is 1.00 bits per heavy atom. The Labute approximate surface area is 118 Å². The minimum atomic E-state index is -1.17. The minimum absolute atomic E-state index is 0.181. The number of aromatic nitrogens is 3. The third-order valence-electron chi connectivity index (χ3n) is 2.91. The van der Waals surface area contributed by atoms with Crippen LogP contribution in [0, 0.1) is 0 Å². The van der Waals surface area contributed by atoms with Gasteiger partial charge in [-0.3, -0.25) is 9.88 Å². The van der Waals surface area contributed by atoms with Gasteiger partial charge in [-0.2, -0.15) is 0 Å². The van der Waals surface area contributed by atoms with Crippen LogP contribution < -0.4 is 5.32 Å². The zero-order valence-electron chi connectivity index (χ0n) is 10.7. The van der Waals surface area contributed by atoms with Gasteiger partial charge in [0.1, 0.15) is 0 Å². The fourth-order valence-electron chi connectivity index (χ4n) is 1.89.